The first kappa shape index (κ1) is 14.3. The van der Waals surface area contributed by atoms with Gasteiger partial charge in [-0.3, -0.25) is 0 Å². The van der Waals surface area contributed by atoms with E-state index in [1.807, 2.05) is 0 Å². The van der Waals surface area contributed by atoms with Crippen LogP contribution < -0.4 is 9.64 Å². The monoisotopic (exact) mass is 268 g/mol. The number of hydrogen-bond acceptors (Lipinski definition) is 2. The summed E-state index contributed by atoms with van der Waals surface area (Å²) in [5, 5.41) is 10.4. The summed E-state index contributed by atoms with van der Waals surface area (Å²) < 4.78 is 18.3. The van der Waals surface area contributed by atoms with Crippen molar-refractivity contribution in [1.29, 1.82) is 0 Å². The number of likely N-dealkylation sites (tertiary alicyclic amines) is 1. The Kier molecular flexibility index (Phi) is 4.77. The fourth-order valence-corrected chi connectivity index (χ4v) is 2.59. The average Bonchev–Trinajstić information content (AvgIpc) is 2.39. The predicted molar refractivity (Wildman–Crippen MR) is 71.9 cm³/mol. The normalized spacial score (nSPS) is 19.9. The predicted octanol–water partition coefficient (Wildman–Crippen LogP) is 1.02. The maximum absolute atomic E-state index is 12.8. The summed E-state index contributed by atoms with van der Waals surface area (Å²) in [6, 6.07) is 5.89. The smallest absolute Gasteiger partial charge is 0.144 e. The van der Waals surface area contributed by atoms with Gasteiger partial charge >= 0.3 is 0 Å². The zero-order valence-corrected chi connectivity index (χ0v) is 11.5. The highest BCUT2D eigenvalue weighted by molar-refractivity contribution is 5.22. The van der Waals surface area contributed by atoms with Gasteiger partial charge in [0.1, 0.15) is 30.3 Å². The van der Waals surface area contributed by atoms with Crippen LogP contribution in [0.1, 0.15) is 26.2 Å². The summed E-state index contributed by atoms with van der Waals surface area (Å²) in [6.45, 7) is 5.01. The van der Waals surface area contributed by atoms with Crippen molar-refractivity contribution in [2.75, 3.05) is 26.2 Å². The minimum absolute atomic E-state index is 0.238. The number of ether oxygens (including phenoxy) is 1. The Morgan fingerprint density at radius 2 is 1.84 bits per heavy atom. The van der Waals surface area contributed by atoms with Gasteiger partial charge in [-0.15, -0.1) is 0 Å². The zero-order valence-electron chi connectivity index (χ0n) is 11.5. The number of hydrogen-bond donors (Lipinski definition) is 2. The van der Waals surface area contributed by atoms with Crippen LogP contribution in [0, 0.1) is 5.82 Å². The van der Waals surface area contributed by atoms with E-state index >= 15 is 0 Å². The lowest BCUT2D eigenvalue weighted by molar-refractivity contribution is -0.911. The van der Waals surface area contributed by atoms with Crippen LogP contribution in [0.15, 0.2) is 24.3 Å². The molecule has 0 aliphatic carbocycles. The second-order valence-corrected chi connectivity index (χ2v) is 5.73. The molecule has 1 aliphatic rings. The minimum Gasteiger partial charge on any atom is -0.490 e. The number of benzene rings is 1. The molecule has 1 aliphatic heterocycles. The van der Waals surface area contributed by atoms with Gasteiger partial charge in [0.25, 0.3) is 0 Å². The third-order valence-electron chi connectivity index (χ3n) is 3.55. The second kappa shape index (κ2) is 6.35. The first-order valence-electron chi connectivity index (χ1n) is 6.99. The molecule has 4 heteroatoms. The lowest BCUT2D eigenvalue weighted by atomic mass is 10.0. The fourth-order valence-electron chi connectivity index (χ4n) is 2.59. The number of piperidine rings is 1. The number of quaternary nitrogens is 1. The molecule has 0 aromatic heterocycles. The van der Waals surface area contributed by atoms with Crippen LogP contribution in [-0.2, 0) is 0 Å². The first-order chi connectivity index (χ1) is 9.05. The summed E-state index contributed by atoms with van der Waals surface area (Å²) >= 11 is 0. The highest BCUT2D eigenvalue weighted by Crippen LogP contribution is 2.13. The molecule has 1 fully saturated rings. The molecule has 0 bridgehead atoms. The van der Waals surface area contributed by atoms with Crippen LogP contribution in [0.4, 0.5) is 4.39 Å². The van der Waals surface area contributed by atoms with Gasteiger partial charge in [-0.25, -0.2) is 4.39 Å². The van der Waals surface area contributed by atoms with Crippen LogP contribution >= 0.6 is 0 Å². The van der Waals surface area contributed by atoms with E-state index in [0.717, 1.165) is 13.1 Å². The van der Waals surface area contributed by atoms with Crippen molar-refractivity contribution < 1.29 is 19.1 Å². The lowest BCUT2D eigenvalue weighted by Crippen LogP contribution is -3.14. The Bertz CT molecular complexity index is 386. The molecule has 106 valence electrons. The number of nitrogens with one attached hydrogen (secondary N) is 1. The largest absolute Gasteiger partial charge is 0.490 e. The summed E-state index contributed by atoms with van der Waals surface area (Å²) in [6.07, 6.45) is 3.78. The molecule has 0 saturated carbocycles. The van der Waals surface area contributed by atoms with E-state index in [0.29, 0.717) is 12.3 Å². The molecule has 1 heterocycles. The number of aliphatic hydroxyl groups is 1. The third kappa shape index (κ3) is 4.80. The Morgan fingerprint density at radius 3 is 2.47 bits per heavy atom. The van der Waals surface area contributed by atoms with E-state index in [-0.39, 0.29) is 12.4 Å². The standard InChI is InChI=1S/C15H22FNO2/c1-15(18,11-17-9-3-2-4-10-17)12-19-14-7-5-13(16)6-8-14/h5-8,18H,2-4,9-12H2,1H3/p+1/t15-/m0/s1. The molecule has 0 amide bonds. The molecule has 0 radical (unpaired) electrons. The minimum atomic E-state index is -0.846. The summed E-state index contributed by atoms with van der Waals surface area (Å²) in [7, 11) is 0. The van der Waals surface area contributed by atoms with Gasteiger partial charge in [0.2, 0.25) is 0 Å². The van der Waals surface area contributed by atoms with E-state index in [1.165, 1.54) is 36.3 Å². The molecule has 2 rings (SSSR count). The Labute approximate surface area is 114 Å². The zero-order chi connectivity index (χ0) is 13.7. The van der Waals surface area contributed by atoms with Gasteiger partial charge in [0.05, 0.1) is 13.1 Å². The lowest BCUT2D eigenvalue weighted by Gasteiger charge is -2.31. The van der Waals surface area contributed by atoms with Crippen molar-refractivity contribution in [3.63, 3.8) is 0 Å². The van der Waals surface area contributed by atoms with Crippen molar-refractivity contribution in [3.8, 4) is 5.75 Å². The first-order valence-corrected chi connectivity index (χ1v) is 6.99. The van der Waals surface area contributed by atoms with Gasteiger partial charge in [-0.1, -0.05) is 0 Å². The SMILES string of the molecule is C[C@@](O)(COc1ccc(F)cc1)C[NH+]1CCCCC1. The molecule has 0 unspecified atom stereocenters. The van der Waals surface area contributed by atoms with Crippen LogP contribution in [0.25, 0.3) is 0 Å². The fraction of sp³-hybridized carbons (Fsp3) is 0.600. The molecule has 1 aromatic carbocycles. The van der Waals surface area contributed by atoms with Gasteiger partial charge in [-0.2, -0.15) is 0 Å². The molecule has 1 aromatic rings. The van der Waals surface area contributed by atoms with Crippen LogP contribution in [0.5, 0.6) is 5.75 Å². The number of halogens is 1. The topological polar surface area (TPSA) is 33.9 Å². The third-order valence-corrected chi connectivity index (χ3v) is 3.55. The Hall–Kier alpha value is -1.13. The van der Waals surface area contributed by atoms with Gasteiger partial charge in [-0.05, 0) is 50.5 Å². The quantitative estimate of drug-likeness (QED) is 0.836. The molecular weight excluding hydrogens is 245 g/mol. The molecular formula is C15H23FNO2+. The Balaban J connectivity index is 1.81. The molecule has 1 saturated heterocycles. The van der Waals surface area contributed by atoms with Crippen molar-refractivity contribution in [2.24, 2.45) is 0 Å². The van der Waals surface area contributed by atoms with Crippen molar-refractivity contribution in [1.82, 2.24) is 0 Å². The highest BCUT2D eigenvalue weighted by Gasteiger charge is 2.29. The summed E-state index contributed by atoms with van der Waals surface area (Å²) in [5.74, 6) is 0.312. The van der Waals surface area contributed by atoms with Crippen molar-refractivity contribution in [3.05, 3.63) is 30.1 Å². The van der Waals surface area contributed by atoms with E-state index in [9.17, 15) is 9.50 Å². The molecule has 1 atom stereocenters. The second-order valence-electron chi connectivity index (χ2n) is 5.73. The summed E-state index contributed by atoms with van der Waals surface area (Å²) in [5.41, 5.74) is -0.846. The highest BCUT2D eigenvalue weighted by atomic mass is 19.1. The molecule has 19 heavy (non-hydrogen) atoms. The maximum atomic E-state index is 12.8. The van der Waals surface area contributed by atoms with E-state index in [4.69, 9.17) is 4.74 Å². The van der Waals surface area contributed by atoms with Gasteiger partial charge < -0.3 is 14.7 Å². The molecule has 0 spiro atoms. The van der Waals surface area contributed by atoms with Crippen LogP contribution in [-0.4, -0.2) is 36.9 Å². The maximum Gasteiger partial charge on any atom is 0.144 e. The average molecular weight is 268 g/mol. The van der Waals surface area contributed by atoms with Crippen LogP contribution in [0.3, 0.4) is 0 Å². The van der Waals surface area contributed by atoms with Crippen molar-refractivity contribution >= 4 is 0 Å². The number of rotatable bonds is 5. The van der Waals surface area contributed by atoms with E-state index in [1.54, 1.807) is 19.1 Å². The van der Waals surface area contributed by atoms with E-state index < -0.39 is 5.60 Å². The van der Waals surface area contributed by atoms with Gasteiger partial charge in [0, 0.05) is 0 Å². The van der Waals surface area contributed by atoms with Crippen LogP contribution in [0.2, 0.25) is 0 Å². The summed E-state index contributed by atoms with van der Waals surface area (Å²) in [4.78, 5) is 1.44. The Morgan fingerprint density at radius 1 is 1.21 bits per heavy atom. The molecule has 2 N–H and O–H groups in total. The van der Waals surface area contributed by atoms with E-state index in [2.05, 4.69) is 0 Å². The molecule has 3 nitrogen and oxygen atoms in total. The van der Waals surface area contributed by atoms with Crippen molar-refractivity contribution in [2.45, 2.75) is 31.8 Å². The van der Waals surface area contributed by atoms with Gasteiger partial charge in [0.15, 0.2) is 0 Å².